The van der Waals surface area contributed by atoms with Crippen molar-refractivity contribution in [3.05, 3.63) is 65.5 Å². The molecule has 206 valence electrons. The minimum Gasteiger partial charge on any atom is -0.481 e. The summed E-state index contributed by atoms with van der Waals surface area (Å²) in [6, 6.07) is 15.5. The highest BCUT2D eigenvalue weighted by atomic mass is 16.4. The fraction of sp³-hybridized carbons (Fsp3) is 0.400. The molecule has 2 heterocycles. The zero-order chi connectivity index (χ0) is 27.9. The first kappa shape index (κ1) is 28.0. The summed E-state index contributed by atoms with van der Waals surface area (Å²) in [7, 11) is 3.76. The highest BCUT2D eigenvalue weighted by molar-refractivity contribution is 6.06. The molecule has 0 radical (unpaired) electrons. The van der Waals surface area contributed by atoms with Gasteiger partial charge in [-0.3, -0.25) is 9.59 Å². The lowest BCUT2D eigenvalue weighted by Gasteiger charge is -2.25. The third kappa shape index (κ3) is 6.92. The Labute approximate surface area is 229 Å². The minimum atomic E-state index is -0.873. The third-order valence-electron chi connectivity index (χ3n) is 6.78. The Morgan fingerprint density at radius 3 is 2.54 bits per heavy atom. The molecule has 0 atom stereocenters. The molecule has 9 nitrogen and oxygen atoms in total. The topological polar surface area (TPSA) is 118 Å². The molecule has 0 bridgehead atoms. The number of pyridine rings is 1. The summed E-state index contributed by atoms with van der Waals surface area (Å²) in [4.78, 5) is 37.6. The van der Waals surface area contributed by atoms with Crippen molar-refractivity contribution in [3.63, 3.8) is 0 Å². The van der Waals surface area contributed by atoms with Gasteiger partial charge in [0, 0.05) is 31.4 Å². The zero-order valence-electron chi connectivity index (χ0n) is 23.1. The van der Waals surface area contributed by atoms with Crippen LogP contribution in [0.25, 0.3) is 21.9 Å². The molecule has 39 heavy (non-hydrogen) atoms. The molecule has 0 aliphatic heterocycles. The summed E-state index contributed by atoms with van der Waals surface area (Å²) in [5.74, 6) is 0.584. The van der Waals surface area contributed by atoms with Crippen LogP contribution in [0.5, 0.6) is 0 Å². The molecule has 0 aliphatic rings. The van der Waals surface area contributed by atoms with E-state index in [2.05, 4.69) is 22.5 Å². The van der Waals surface area contributed by atoms with Crippen LogP contribution in [0.1, 0.15) is 43.1 Å². The molecule has 9 heteroatoms. The molecule has 2 aromatic heterocycles. The lowest BCUT2D eigenvalue weighted by atomic mass is 10.1. The van der Waals surface area contributed by atoms with Gasteiger partial charge in [0.05, 0.1) is 24.0 Å². The lowest BCUT2D eigenvalue weighted by molar-refractivity contribution is -0.136. The number of carboxylic acid groups (broad SMARTS) is 1. The number of aliphatic carboxylic acids is 1. The summed E-state index contributed by atoms with van der Waals surface area (Å²) in [5, 5.41) is 10.2. The average Bonchev–Trinajstić information content (AvgIpc) is 3.25. The van der Waals surface area contributed by atoms with Gasteiger partial charge in [-0.2, -0.15) is 0 Å². The van der Waals surface area contributed by atoms with E-state index in [1.165, 1.54) is 0 Å². The van der Waals surface area contributed by atoms with Gasteiger partial charge in [0.25, 0.3) is 0 Å². The molecule has 0 aliphatic carbocycles. The first-order valence-corrected chi connectivity index (χ1v) is 13.5. The molecular formula is C30H38N6O3. The van der Waals surface area contributed by atoms with E-state index in [9.17, 15) is 14.7 Å². The largest absolute Gasteiger partial charge is 0.481 e. The summed E-state index contributed by atoms with van der Waals surface area (Å²) in [6.07, 6.45) is 3.62. The zero-order valence-corrected chi connectivity index (χ0v) is 23.1. The molecule has 0 saturated carbocycles. The number of rotatable bonds is 13. The molecule has 0 saturated heterocycles. The van der Waals surface area contributed by atoms with E-state index in [4.69, 9.17) is 10.7 Å². The molecular weight excluding hydrogens is 492 g/mol. The quantitative estimate of drug-likeness (QED) is 0.267. The van der Waals surface area contributed by atoms with Crippen LogP contribution >= 0.6 is 0 Å². The third-order valence-corrected chi connectivity index (χ3v) is 6.78. The van der Waals surface area contributed by atoms with Gasteiger partial charge >= 0.3 is 5.97 Å². The molecule has 0 unspecified atom stereocenters. The number of carboxylic acids is 1. The first-order chi connectivity index (χ1) is 18.8. The number of carbonyl (C=O) groups excluding carboxylic acids is 1. The van der Waals surface area contributed by atoms with Crippen molar-refractivity contribution in [2.45, 2.75) is 52.1 Å². The van der Waals surface area contributed by atoms with Crippen molar-refractivity contribution < 1.29 is 14.7 Å². The highest BCUT2D eigenvalue weighted by Gasteiger charge is 2.19. The van der Waals surface area contributed by atoms with E-state index in [0.717, 1.165) is 64.6 Å². The van der Waals surface area contributed by atoms with Gasteiger partial charge < -0.3 is 25.2 Å². The van der Waals surface area contributed by atoms with Gasteiger partial charge in [-0.15, -0.1) is 0 Å². The lowest BCUT2D eigenvalue weighted by Crippen LogP contribution is -2.38. The number of fused-ring (bicyclic) bond motifs is 3. The van der Waals surface area contributed by atoms with E-state index in [1.807, 2.05) is 60.3 Å². The number of likely N-dealkylation sites (N-methyl/N-ethyl adjacent to an activating group) is 1. The molecule has 0 spiro atoms. The van der Waals surface area contributed by atoms with Gasteiger partial charge in [0.1, 0.15) is 11.3 Å². The molecule has 4 aromatic rings. The Morgan fingerprint density at radius 2 is 1.79 bits per heavy atom. The molecule has 0 fully saturated rings. The number of unbranched alkanes of at least 4 members (excludes halogenated alkanes) is 1. The molecule has 2 aromatic carbocycles. The van der Waals surface area contributed by atoms with Gasteiger partial charge in [-0.25, -0.2) is 9.97 Å². The number of amides is 1. The summed E-state index contributed by atoms with van der Waals surface area (Å²) in [6.45, 7) is 4.14. The van der Waals surface area contributed by atoms with Crippen LogP contribution in [0.15, 0.2) is 48.5 Å². The van der Waals surface area contributed by atoms with E-state index >= 15 is 0 Å². The fourth-order valence-electron chi connectivity index (χ4n) is 4.99. The smallest absolute Gasteiger partial charge is 0.307 e. The number of carbonyl (C=O) groups is 2. The first-order valence-electron chi connectivity index (χ1n) is 13.5. The maximum Gasteiger partial charge on any atom is 0.307 e. The number of hydrogen-bond acceptors (Lipinski definition) is 6. The standard InChI is InChI=1S/C30H38N6O3/c1-4-5-14-25-33-28-29(23-12-6-7-13-24(23)32-30(28)31)36(25)16-9-15-35(26(37)20-34(2)3)19-22-11-8-10-21(17-22)18-27(38)39/h6-8,10-13,17H,4-5,9,14-16,18-20H2,1-3H3,(H2,31,32)(H,38,39). The van der Waals surface area contributed by atoms with Gasteiger partial charge in [0.15, 0.2) is 5.82 Å². The van der Waals surface area contributed by atoms with Crippen molar-refractivity contribution in [1.29, 1.82) is 0 Å². The van der Waals surface area contributed by atoms with E-state index < -0.39 is 5.97 Å². The highest BCUT2D eigenvalue weighted by Crippen LogP contribution is 2.29. The Bertz CT molecular complexity index is 1460. The van der Waals surface area contributed by atoms with E-state index in [0.29, 0.717) is 32.0 Å². The predicted octanol–water partition coefficient (Wildman–Crippen LogP) is 4.12. The maximum atomic E-state index is 13.2. The van der Waals surface area contributed by atoms with Crippen molar-refractivity contribution >= 4 is 39.6 Å². The maximum absolute atomic E-state index is 13.2. The van der Waals surface area contributed by atoms with E-state index in [-0.39, 0.29) is 12.3 Å². The Hall–Kier alpha value is -3.98. The number of hydrogen-bond donors (Lipinski definition) is 2. The molecule has 1 amide bonds. The number of nitrogen functional groups attached to an aromatic ring is 1. The normalized spacial score (nSPS) is 11.5. The van der Waals surface area contributed by atoms with Crippen molar-refractivity contribution in [1.82, 2.24) is 24.3 Å². The number of nitrogens with zero attached hydrogens (tertiary/aromatic N) is 5. The second-order valence-corrected chi connectivity index (χ2v) is 10.3. The second kappa shape index (κ2) is 12.7. The van der Waals surface area contributed by atoms with Gasteiger partial charge in [-0.1, -0.05) is 55.8 Å². The van der Waals surface area contributed by atoms with E-state index in [1.54, 1.807) is 6.07 Å². The number of benzene rings is 2. The summed E-state index contributed by atoms with van der Waals surface area (Å²) >= 11 is 0. The van der Waals surface area contributed by atoms with Gasteiger partial charge in [0.2, 0.25) is 5.91 Å². The summed E-state index contributed by atoms with van der Waals surface area (Å²) < 4.78 is 2.26. The number of aromatic nitrogens is 3. The Morgan fingerprint density at radius 1 is 1.03 bits per heavy atom. The van der Waals surface area contributed by atoms with Gasteiger partial charge in [-0.05, 0) is 44.1 Å². The predicted molar refractivity (Wildman–Crippen MR) is 154 cm³/mol. The van der Waals surface area contributed by atoms with Crippen molar-refractivity contribution in [2.24, 2.45) is 0 Å². The fourth-order valence-corrected chi connectivity index (χ4v) is 4.99. The Balaban J connectivity index is 1.61. The van der Waals surface area contributed by atoms with Crippen LogP contribution in [0.2, 0.25) is 0 Å². The summed E-state index contributed by atoms with van der Waals surface area (Å²) in [5.41, 5.74) is 10.6. The number of imidazole rings is 1. The van der Waals surface area contributed by atoms with Crippen LogP contribution in [0, 0.1) is 0 Å². The minimum absolute atomic E-state index is 0.0317. The monoisotopic (exact) mass is 530 g/mol. The van der Waals surface area contributed by atoms with Crippen LogP contribution in [0.4, 0.5) is 5.82 Å². The van der Waals surface area contributed by atoms with Crippen LogP contribution in [0.3, 0.4) is 0 Å². The van der Waals surface area contributed by atoms with Crippen molar-refractivity contribution in [2.75, 3.05) is 32.9 Å². The number of para-hydroxylation sites is 1. The van der Waals surface area contributed by atoms with Crippen molar-refractivity contribution in [3.8, 4) is 0 Å². The van der Waals surface area contributed by atoms with Crippen LogP contribution < -0.4 is 5.73 Å². The van der Waals surface area contributed by atoms with Crippen LogP contribution in [-0.4, -0.2) is 68.5 Å². The van der Waals surface area contributed by atoms with Crippen LogP contribution in [-0.2, 0) is 35.5 Å². The average molecular weight is 531 g/mol. The molecule has 3 N–H and O–H groups in total. The molecule has 4 rings (SSSR count). The Kier molecular flexibility index (Phi) is 9.14. The number of anilines is 1. The SMILES string of the molecule is CCCCc1nc2c(N)nc3ccccc3c2n1CCCN(Cc1cccc(CC(=O)O)c1)C(=O)CN(C)C. The second-order valence-electron chi connectivity index (χ2n) is 10.3. The number of aryl methyl sites for hydroxylation is 2. The number of nitrogens with two attached hydrogens (primary N) is 1.